The van der Waals surface area contributed by atoms with Crippen LogP contribution < -0.4 is 5.32 Å². The molecule has 2 unspecified atom stereocenters. The van der Waals surface area contributed by atoms with Crippen molar-refractivity contribution in [2.75, 3.05) is 23.4 Å². The molecule has 0 bridgehead atoms. The fraction of sp³-hybridized carbons (Fsp3) is 0.571. The lowest BCUT2D eigenvalue weighted by Gasteiger charge is -2.38. The number of rotatable bonds is 2. The van der Waals surface area contributed by atoms with E-state index in [2.05, 4.69) is 5.32 Å². The molecule has 4 heteroatoms. The average molecular weight is 267 g/mol. The van der Waals surface area contributed by atoms with Crippen molar-refractivity contribution in [2.45, 2.75) is 30.9 Å². The number of benzene rings is 1. The number of halogens is 1. The van der Waals surface area contributed by atoms with Gasteiger partial charge in [0.25, 0.3) is 0 Å². The van der Waals surface area contributed by atoms with E-state index in [4.69, 9.17) is 4.74 Å². The van der Waals surface area contributed by atoms with Gasteiger partial charge in [-0.1, -0.05) is 12.1 Å². The van der Waals surface area contributed by atoms with Crippen LogP contribution in [0.1, 0.15) is 19.3 Å². The van der Waals surface area contributed by atoms with Gasteiger partial charge < -0.3 is 10.1 Å². The third-order valence-corrected chi connectivity index (χ3v) is 5.02. The highest BCUT2D eigenvalue weighted by Gasteiger charge is 2.40. The Morgan fingerprint density at radius 2 is 2.28 bits per heavy atom. The SMILES string of the molecule is Fc1ccccc1NC1CCOC2(CCSC2)C1. The third kappa shape index (κ3) is 2.50. The number of hydrogen-bond donors (Lipinski definition) is 1. The van der Waals surface area contributed by atoms with E-state index in [1.807, 2.05) is 17.8 Å². The minimum atomic E-state index is -0.168. The third-order valence-electron chi connectivity index (χ3n) is 3.79. The molecule has 2 atom stereocenters. The topological polar surface area (TPSA) is 21.3 Å². The van der Waals surface area contributed by atoms with Crippen LogP contribution in [0, 0.1) is 5.82 Å². The largest absolute Gasteiger partial charge is 0.380 e. The fourth-order valence-electron chi connectivity index (χ4n) is 2.81. The molecule has 3 rings (SSSR count). The van der Waals surface area contributed by atoms with Crippen LogP contribution in [0.3, 0.4) is 0 Å². The molecular weight excluding hydrogens is 249 g/mol. The predicted octanol–water partition coefficient (Wildman–Crippen LogP) is 3.29. The molecular formula is C14H18FNOS. The zero-order valence-electron chi connectivity index (χ0n) is 10.3. The van der Waals surface area contributed by atoms with Gasteiger partial charge in [0.1, 0.15) is 5.82 Å². The zero-order chi connectivity index (χ0) is 12.4. The molecule has 2 aliphatic rings. The second kappa shape index (κ2) is 5.10. The van der Waals surface area contributed by atoms with Crippen LogP contribution in [0.5, 0.6) is 0 Å². The Morgan fingerprint density at radius 1 is 1.39 bits per heavy atom. The quantitative estimate of drug-likeness (QED) is 0.888. The molecule has 18 heavy (non-hydrogen) atoms. The lowest BCUT2D eigenvalue weighted by atomic mass is 9.90. The van der Waals surface area contributed by atoms with Gasteiger partial charge in [-0.15, -0.1) is 0 Å². The second-order valence-electron chi connectivity index (χ2n) is 5.15. The average Bonchev–Trinajstić information content (AvgIpc) is 2.80. The number of ether oxygens (including phenoxy) is 1. The lowest BCUT2D eigenvalue weighted by molar-refractivity contribution is -0.0628. The predicted molar refractivity (Wildman–Crippen MR) is 73.7 cm³/mol. The summed E-state index contributed by atoms with van der Waals surface area (Å²) in [4.78, 5) is 0. The summed E-state index contributed by atoms with van der Waals surface area (Å²) in [5.41, 5.74) is 0.663. The number of anilines is 1. The van der Waals surface area contributed by atoms with E-state index >= 15 is 0 Å². The molecule has 0 radical (unpaired) electrons. The van der Waals surface area contributed by atoms with Crippen LogP contribution in [0.4, 0.5) is 10.1 Å². The van der Waals surface area contributed by atoms with Crippen molar-refractivity contribution in [1.29, 1.82) is 0 Å². The minimum Gasteiger partial charge on any atom is -0.380 e. The maximum Gasteiger partial charge on any atom is 0.146 e. The van der Waals surface area contributed by atoms with E-state index in [1.165, 1.54) is 11.8 Å². The second-order valence-corrected chi connectivity index (χ2v) is 6.25. The highest BCUT2D eigenvalue weighted by atomic mass is 32.2. The van der Waals surface area contributed by atoms with Gasteiger partial charge in [-0.25, -0.2) is 4.39 Å². The maximum absolute atomic E-state index is 13.6. The van der Waals surface area contributed by atoms with Crippen LogP contribution in [0.2, 0.25) is 0 Å². The molecule has 0 aliphatic carbocycles. The van der Waals surface area contributed by atoms with E-state index < -0.39 is 0 Å². The van der Waals surface area contributed by atoms with Crippen molar-refractivity contribution < 1.29 is 9.13 Å². The summed E-state index contributed by atoms with van der Waals surface area (Å²) in [6.07, 6.45) is 3.09. The van der Waals surface area contributed by atoms with Crippen LogP contribution in [-0.4, -0.2) is 29.8 Å². The molecule has 0 aromatic heterocycles. The Bertz CT molecular complexity index is 420. The molecule has 1 spiro atoms. The van der Waals surface area contributed by atoms with E-state index in [1.54, 1.807) is 12.1 Å². The minimum absolute atomic E-state index is 0.0475. The summed E-state index contributed by atoms with van der Waals surface area (Å²) in [6, 6.07) is 7.23. The summed E-state index contributed by atoms with van der Waals surface area (Å²) >= 11 is 1.96. The molecule has 0 amide bonds. The standard InChI is InChI=1S/C14H18FNOS/c15-12-3-1-2-4-13(12)16-11-5-7-17-14(9-11)6-8-18-10-14/h1-4,11,16H,5-10H2. The first kappa shape index (κ1) is 12.3. The summed E-state index contributed by atoms with van der Waals surface area (Å²) in [6.45, 7) is 0.784. The van der Waals surface area contributed by atoms with Crippen LogP contribution >= 0.6 is 11.8 Å². The van der Waals surface area contributed by atoms with Crippen molar-refractivity contribution in [3.05, 3.63) is 30.1 Å². The molecule has 2 heterocycles. The molecule has 2 aliphatic heterocycles. The Labute approximate surface area is 111 Å². The van der Waals surface area contributed by atoms with Crippen molar-refractivity contribution in [3.8, 4) is 0 Å². The summed E-state index contributed by atoms with van der Waals surface area (Å²) in [5.74, 6) is 2.10. The van der Waals surface area contributed by atoms with Crippen molar-refractivity contribution in [2.24, 2.45) is 0 Å². The monoisotopic (exact) mass is 267 g/mol. The normalized spacial score (nSPS) is 31.7. The van der Waals surface area contributed by atoms with E-state index in [0.717, 1.165) is 31.6 Å². The van der Waals surface area contributed by atoms with Gasteiger partial charge in [-0.3, -0.25) is 0 Å². The summed E-state index contributed by atoms with van der Waals surface area (Å²) in [5, 5.41) is 3.34. The van der Waals surface area contributed by atoms with E-state index in [9.17, 15) is 4.39 Å². The van der Waals surface area contributed by atoms with Crippen LogP contribution in [0.15, 0.2) is 24.3 Å². The van der Waals surface area contributed by atoms with Gasteiger partial charge in [-0.05, 0) is 37.1 Å². The van der Waals surface area contributed by atoms with Crippen molar-refractivity contribution in [1.82, 2.24) is 0 Å². The summed E-state index contributed by atoms with van der Waals surface area (Å²) < 4.78 is 19.6. The van der Waals surface area contributed by atoms with Gasteiger partial charge in [0, 0.05) is 18.4 Å². The number of para-hydroxylation sites is 1. The smallest absolute Gasteiger partial charge is 0.146 e. The summed E-state index contributed by atoms with van der Waals surface area (Å²) in [7, 11) is 0. The maximum atomic E-state index is 13.6. The van der Waals surface area contributed by atoms with Crippen molar-refractivity contribution in [3.63, 3.8) is 0 Å². The number of hydrogen-bond acceptors (Lipinski definition) is 3. The lowest BCUT2D eigenvalue weighted by Crippen LogP contribution is -2.44. The number of nitrogens with one attached hydrogen (secondary N) is 1. The molecule has 2 saturated heterocycles. The Kier molecular flexibility index (Phi) is 3.48. The van der Waals surface area contributed by atoms with Crippen molar-refractivity contribution >= 4 is 17.4 Å². The molecule has 1 aromatic rings. The molecule has 2 nitrogen and oxygen atoms in total. The molecule has 98 valence electrons. The van der Waals surface area contributed by atoms with Gasteiger partial charge in [-0.2, -0.15) is 11.8 Å². The first-order valence-electron chi connectivity index (χ1n) is 6.50. The van der Waals surface area contributed by atoms with E-state index in [-0.39, 0.29) is 11.4 Å². The molecule has 0 saturated carbocycles. The van der Waals surface area contributed by atoms with Gasteiger partial charge in [0.05, 0.1) is 11.3 Å². The fourth-order valence-corrected chi connectivity index (χ4v) is 4.19. The first-order chi connectivity index (χ1) is 8.77. The van der Waals surface area contributed by atoms with E-state index in [0.29, 0.717) is 11.7 Å². The zero-order valence-corrected chi connectivity index (χ0v) is 11.1. The Morgan fingerprint density at radius 3 is 3.06 bits per heavy atom. The van der Waals surface area contributed by atoms with Gasteiger partial charge in [0.2, 0.25) is 0 Å². The van der Waals surface area contributed by atoms with Gasteiger partial charge >= 0.3 is 0 Å². The highest BCUT2D eigenvalue weighted by molar-refractivity contribution is 7.99. The van der Waals surface area contributed by atoms with Gasteiger partial charge in [0.15, 0.2) is 0 Å². The Hall–Kier alpha value is -0.740. The highest BCUT2D eigenvalue weighted by Crippen LogP contribution is 2.39. The molecule has 2 fully saturated rings. The van der Waals surface area contributed by atoms with Crippen LogP contribution in [-0.2, 0) is 4.74 Å². The number of thioether (sulfide) groups is 1. The Balaban J connectivity index is 1.68. The molecule has 1 aromatic carbocycles. The van der Waals surface area contributed by atoms with Crippen LogP contribution in [0.25, 0.3) is 0 Å². The molecule has 1 N–H and O–H groups in total. The first-order valence-corrected chi connectivity index (χ1v) is 7.66.